The third-order valence-corrected chi connectivity index (χ3v) is 3.30. The van der Waals surface area contributed by atoms with Gasteiger partial charge in [-0.1, -0.05) is 18.2 Å². The second-order valence-electron chi connectivity index (χ2n) is 4.75. The molecule has 1 aromatic heterocycles. The van der Waals surface area contributed by atoms with Crippen LogP contribution in [0, 0.1) is 0 Å². The number of aromatic nitrogens is 1. The molecule has 2 aromatic rings. The number of para-hydroxylation sites is 1. The Balaban J connectivity index is 2.27. The highest BCUT2D eigenvalue weighted by molar-refractivity contribution is 5.71. The minimum atomic E-state index is -2.91. The molecule has 19 heavy (non-hydrogen) atoms. The zero-order chi connectivity index (χ0) is 13.6. The third kappa shape index (κ3) is 1.91. The lowest BCUT2D eigenvalue weighted by Gasteiger charge is -2.32. The molecule has 1 aromatic carbocycles. The van der Waals surface area contributed by atoms with E-state index < -0.39 is 11.8 Å². The highest BCUT2D eigenvalue weighted by Gasteiger charge is 2.41. The molecular weight excluding hydrogens is 250 g/mol. The van der Waals surface area contributed by atoms with Gasteiger partial charge in [0.1, 0.15) is 5.82 Å². The normalized spacial score (nSPS) is 17.3. The van der Waals surface area contributed by atoms with Gasteiger partial charge in [0.2, 0.25) is 5.56 Å². The Morgan fingerprint density at radius 1 is 1.11 bits per heavy atom. The molecule has 0 bridgehead atoms. The van der Waals surface area contributed by atoms with Gasteiger partial charge in [0.05, 0.1) is 5.92 Å². The summed E-state index contributed by atoms with van der Waals surface area (Å²) >= 11 is 0. The van der Waals surface area contributed by atoms with Crippen molar-refractivity contribution in [2.75, 3.05) is 5.32 Å². The summed E-state index contributed by atoms with van der Waals surface area (Å²) < 4.78 is 27.9. The topological polar surface area (TPSA) is 44.9 Å². The van der Waals surface area contributed by atoms with E-state index in [9.17, 15) is 13.6 Å². The Hall–Kier alpha value is -2.17. The minimum Gasteiger partial charge on any atom is -0.341 e. The Morgan fingerprint density at radius 2 is 1.84 bits per heavy atom. The standard InChI is InChI=1S/C14H12F2N2O/c1-14(15,16)12-8-4-2-3-5-10(8)17-13-9(12)6-7-11(19)18-13/h2-7,12H,1H3,(H2,17,18,19). The van der Waals surface area contributed by atoms with Crippen molar-refractivity contribution in [3.63, 3.8) is 0 Å². The first kappa shape index (κ1) is 11.9. The SMILES string of the molecule is CC(F)(F)C1c2ccccc2Nc2[nH]c(=O)ccc21. The summed E-state index contributed by atoms with van der Waals surface area (Å²) in [4.78, 5) is 13.9. The van der Waals surface area contributed by atoms with Crippen molar-refractivity contribution in [1.82, 2.24) is 4.98 Å². The highest BCUT2D eigenvalue weighted by atomic mass is 19.3. The van der Waals surface area contributed by atoms with E-state index in [2.05, 4.69) is 10.3 Å². The van der Waals surface area contributed by atoms with Crippen LogP contribution in [0.15, 0.2) is 41.2 Å². The smallest absolute Gasteiger partial charge is 0.256 e. The molecule has 1 atom stereocenters. The Morgan fingerprint density at radius 3 is 2.58 bits per heavy atom. The molecule has 2 N–H and O–H groups in total. The van der Waals surface area contributed by atoms with Crippen LogP contribution in [0.25, 0.3) is 0 Å². The quantitative estimate of drug-likeness (QED) is 0.828. The number of halogens is 2. The van der Waals surface area contributed by atoms with Crippen molar-refractivity contribution < 1.29 is 8.78 Å². The number of alkyl halides is 2. The summed E-state index contributed by atoms with van der Waals surface area (Å²) in [6.07, 6.45) is 0. The number of aromatic amines is 1. The van der Waals surface area contributed by atoms with Gasteiger partial charge in [-0.15, -0.1) is 0 Å². The fraction of sp³-hybridized carbons (Fsp3) is 0.214. The van der Waals surface area contributed by atoms with E-state index >= 15 is 0 Å². The van der Waals surface area contributed by atoms with E-state index in [1.165, 1.54) is 12.1 Å². The van der Waals surface area contributed by atoms with E-state index in [1.807, 2.05) is 0 Å². The second kappa shape index (κ2) is 3.91. The van der Waals surface area contributed by atoms with Crippen LogP contribution in [0.2, 0.25) is 0 Å². The number of anilines is 2. The van der Waals surface area contributed by atoms with Crippen LogP contribution in [-0.4, -0.2) is 10.9 Å². The average Bonchev–Trinajstić information content (AvgIpc) is 2.34. The summed E-state index contributed by atoms with van der Waals surface area (Å²) in [7, 11) is 0. The number of rotatable bonds is 1. The maximum absolute atomic E-state index is 13.9. The largest absolute Gasteiger partial charge is 0.341 e. The van der Waals surface area contributed by atoms with Crippen molar-refractivity contribution in [1.29, 1.82) is 0 Å². The van der Waals surface area contributed by atoms with Crippen LogP contribution < -0.4 is 10.9 Å². The van der Waals surface area contributed by atoms with Crippen molar-refractivity contribution in [3.05, 3.63) is 57.9 Å². The monoisotopic (exact) mass is 262 g/mol. The molecule has 98 valence electrons. The number of benzene rings is 1. The predicted octanol–water partition coefficient (Wildman–Crippen LogP) is 3.22. The molecule has 0 saturated carbocycles. The third-order valence-electron chi connectivity index (χ3n) is 3.30. The van der Waals surface area contributed by atoms with Crippen LogP contribution in [0.1, 0.15) is 24.0 Å². The molecular formula is C14H12F2N2O. The van der Waals surface area contributed by atoms with Crippen LogP contribution in [0.4, 0.5) is 20.3 Å². The average molecular weight is 262 g/mol. The van der Waals surface area contributed by atoms with Crippen molar-refractivity contribution in [2.45, 2.75) is 18.8 Å². The molecule has 0 aliphatic carbocycles. The second-order valence-corrected chi connectivity index (χ2v) is 4.75. The van der Waals surface area contributed by atoms with Gasteiger partial charge in [-0.05, 0) is 17.7 Å². The molecule has 2 heterocycles. The van der Waals surface area contributed by atoms with Gasteiger partial charge in [0.15, 0.2) is 0 Å². The summed E-state index contributed by atoms with van der Waals surface area (Å²) in [6.45, 7) is 0.897. The number of hydrogen-bond acceptors (Lipinski definition) is 2. The van der Waals surface area contributed by atoms with Crippen molar-refractivity contribution in [3.8, 4) is 0 Å². The first-order valence-corrected chi connectivity index (χ1v) is 5.94. The summed E-state index contributed by atoms with van der Waals surface area (Å²) in [5.41, 5.74) is 1.23. The van der Waals surface area contributed by atoms with Gasteiger partial charge in [-0.3, -0.25) is 4.79 Å². The molecule has 3 nitrogen and oxygen atoms in total. The van der Waals surface area contributed by atoms with E-state index in [0.29, 0.717) is 22.6 Å². The molecule has 0 fully saturated rings. The molecule has 1 aliphatic rings. The van der Waals surface area contributed by atoms with E-state index in [-0.39, 0.29) is 5.56 Å². The Bertz CT molecular complexity index is 688. The zero-order valence-corrected chi connectivity index (χ0v) is 10.2. The maximum atomic E-state index is 13.9. The summed E-state index contributed by atoms with van der Waals surface area (Å²) in [5.74, 6) is -3.62. The molecule has 1 unspecified atom stereocenters. The van der Waals surface area contributed by atoms with Crippen LogP contribution in [0.3, 0.4) is 0 Å². The predicted molar refractivity (Wildman–Crippen MR) is 69.3 cm³/mol. The Kier molecular flexibility index (Phi) is 2.45. The lowest BCUT2D eigenvalue weighted by molar-refractivity contribution is 0.00447. The van der Waals surface area contributed by atoms with Gasteiger partial charge < -0.3 is 10.3 Å². The van der Waals surface area contributed by atoms with E-state index in [0.717, 1.165) is 6.92 Å². The van der Waals surface area contributed by atoms with Gasteiger partial charge in [0.25, 0.3) is 5.92 Å². The number of hydrogen-bond donors (Lipinski definition) is 2. The number of nitrogens with one attached hydrogen (secondary N) is 2. The van der Waals surface area contributed by atoms with Gasteiger partial charge in [0, 0.05) is 24.2 Å². The number of fused-ring (bicyclic) bond motifs is 2. The van der Waals surface area contributed by atoms with Crippen molar-refractivity contribution >= 4 is 11.5 Å². The van der Waals surface area contributed by atoms with Crippen molar-refractivity contribution in [2.24, 2.45) is 0 Å². The minimum absolute atomic E-state index is 0.316. The molecule has 0 radical (unpaired) electrons. The summed E-state index contributed by atoms with van der Waals surface area (Å²) in [6, 6.07) is 9.63. The molecule has 5 heteroatoms. The van der Waals surface area contributed by atoms with E-state index in [4.69, 9.17) is 0 Å². The Labute approximate surface area is 108 Å². The fourth-order valence-electron chi connectivity index (χ4n) is 2.54. The van der Waals surface area contributed by atoms with Crippen LogP contribution in [0.5, 0.6) is 0 Å². The molecule has 0 spiro atoms. The lowest BCUT2D eigenvalue weighted by atomic mass is 9.83. The molecule has 3 rings (SSSR count). The molecule has 0 saturated heterocycles. The first-order chi connectivity index (χ1) is 8.97. The molecule has 1 aliphatic heterocycles. The van der Waals surface area contributed by atoms with Crippen LogP contribution in [-0.2, 0) is 0 Å². The maximum Gasteiger partial charge on any atom is 0.256 e. The van der Waals surface area contributed by atoms with E-state index in [1.54, 1.807) is 24.3 Å². The van der Waals surface area contributed by atoms with Crippen LogP contribution >= 0.6 is 0 Å². The number of pyridine rings is 1. The van der Waals surface area contributed by atoms with Gasteiger partial charge in [-0.25, -0.2) is 8.78 Å². The van der Waals surface area contributed by atoms with Gasteiger partial charge in [-0.2, -0.15) is 0 Å². The zero-order valence-electron chi connectivity index (χ0n) is 10.2. The molecule has 0 amide bonds. The number of H-pyrrole nitrogens is 1. The summed E-state index contributed by atoms with van der Waals surface area (Å²) in [5, 5.41) is 2.99. The van der Waals surface area contributed by atoms with Gasteiger partial charge >= 0.3 is 0 Å². The first-order valence-electron chi connectivity index (χ1n) is 5.94. The highest BCUT2D eigenvalue weighted by Crippen LogP contribution is 2.47. The fourth-order valence-corrected chi connectivity index (χ4v) is 2.54. The lowest BCUT2D eigenvalue weighted by Crippen LogP contribution is -2.29.